The number of hydrogen-bond donors (Lipinski definition) is 1. The van der Waals surface area contributed by atoms with Crippen LogP contribution in [0.25, 0.3) is 0 Å². The zero-order valence-corrected chi connectivity index (χ0v) is 13.9. The molecule has 1 aromatic carbocycles. The van der Waals surface area contributed by atoms with E-state index in [-0.39, 0.29) is 0 Å². The van der Waals surface area contributed by atoms with Gasteiger partial charge in [0.25, 0.3) is 0 Å². The van der Waals surface area contributed by atoms with E-state index in [0.29, 0.717) is 18.1 Å². The number of rotatable bonds is 4. The van der Waals surface area contributed by atoms with Gasteiger partial charge in [0, 0.05) is 17.0 Å². The maximum absolute atomic E-state index is 6.33. The molecule has 2 N–H and O–H groups in total. The van der Waals surface area contributed by atoms with Crippen molar-refractivity contribution in [2.75, 3.05) is 6.26 Å². The number of hydrogen-bond acceptors (Lipinski definition) is 3. The highest BCUT2D eigenvalue weighted by molar-refractivity contribution is 7.98. The van der Waals surface area contributed by atoms with Gasteiger partial charge in [-0.1, -0.05) is 26.8 Å². The van der Waals surface area contributed by atoms with Crippen molar-refractivity contribution >= 4 is 11.8 Å². The van der Waals surface area contributed by atoms with Crippen molar-refractivity contribution < 1.29 is 4.74 Å². The fourth-order valence-electron chi connectivity index (χ4n) is 3.58. The summed E-state index contributed by atoms with van der Waals surface area (Å²) < 4.78 is 6.33. The fourth-order valence-corrected chi connectivity index (χ4v) is 4.22. The third kappa shape index (κ3) is 3.70. The van der Waals surface area contributed by atoms with Crippen LogP contribution < -0.4 is 10.5 Å². The van der Waals surface area contributed by atoms with Crippen LogP contribution in [0, 0.1) is 11.3 Å². The summed E-state index contributed by atoms with van der Waals surface area (Å²) in [4.78, 5) is 1.23. The third-order valence-electron chi connectivity index (χ3n) is 4.15. The van der Waals surface area contributed by atoms with E-state index in [1.165, 1.54) is 11.3 Å². The topological polar surface area (TPSA) is 35.2 Å². The normalized spacial score (nSPS) is 25.4. The van der Waals surface area contributed by atoms with Crippen molar-refractivity contribution in [1.29, 1.82) is 0 Å². The van der Waals surface area contributed by atoms with Crippen LogP contribution in [-0.4, -0.2) is 12.4 Å². The van der Waals surface area contributed by atoms with Crippen molar-refractivity contribution in [2.24, 2.45) is 17.1 Å². The van der Waals surface area contributed by atoms with Gasteiger partial charge < -0.3 is 10.5 Å². The zero-order valence-electron chi connectivity index (χ0n) is 13.1. The van der Waals surface area contributed by atoms with Gasteiger partial charge in [-0.3, -0.25) is 0 Å². The molecule has 0 saturated heterocycles. The summed E-state index contributed by atoms with van der Waals surface area (Å²) in [6, 6.07) is 6.25. The molecule has 0 aliphatic heterocycles. The summed E-state index contributed by atoms with van der Waals surface area (Å²) >= 11 is 1.74. The van der Waals surface area contributed by atoms with Crippen LogP contribution in [0.1, 0.15) is 45.6 Å². The van der Waals surface area contributed by atoms with E-state index in [2.05, 4.69) is 45.2 Å². The number of benzene rings is 1. The van der Waals surface area contributed by atoms with Crippen LogP contribution in [-0.2, 0) is 6.54 Å². The minimum absolute atomic E-state index is 0.316. The molecular formula is C17H27NOS. The van der Waals surface area contributed by atoms with Gasteiger partial charge in [-0.05, 0) is 49.0 Å². The van der Waals surface area contributed by atoms with Crippen LogP contribution >= 0.6 is 11.8 Å². The van der Waals surface area contributed by atoms with Gasteiger partial charge in [0.15, 0.2) is 0 Å². The lowest BCUT2D eigenvalue weighted by molar-refractivity contribution is 0.0554. The SMILES string of the molecule is CSc1cccc(OC2CC(C)CC(C)(C)C2)c1CN. The second kappa shape index (κ2) is 6.40. The van der Waals surface area contributed by atoms with Crippen molar-refractivity contribution in [3.63, 3.8) is 0 Å². The zero-order chi connectivity index (χ0) is 14.8. The Bertz CT molecular complexity index is 458. The molecule has 1 saturated carbocycles. The van der Waals surface area contributed by atoms with Crippen LogP contribution in [0.3, 0.4) is 0 Å². The standard InChI is InChI=1S/C17H27NOS/c1-12-8-13(10-17(2,3)9-12)19-15-6-5-7-16(20-4)14(15)11-18/h5-7,12-13H,8-11,18H2,1-4H3. The van der Waals surface area contributed by atoms with Gasteiger partial charge in [-0.25, -0.2) is 0 Å². The lowest BCUT2D eigenvalue weighted by atomic mass is 9.71. The molecule has 1 fully saturated rings. The Balaban J connectivity index is 2.17. The van der Waals surface area contributed by atoms with Gasteiger partial charge in [0.1, 0.15) is 5.75 Å². The fraction of sp³-hybridized carbons (Fsp3) is 0.647. The highest BCUT2D eigenvalue weighted by atomic mass is 32.2. The monoisotopic (exact) mass is 293 g/mol. The van der Waals surface area contributed by atoms with Gasteiger partial charge in [0.05, 0.1) is 6.10 Å². The van der Waals surface area contributed by atoms with Crippen LogP contribution in [0.2, 0.25) is 0 Å². The van der Waals surface area contributed by atoms with Crippen molar-refractivity contribution in [1.82, 2.24) is 0 Å². The lowest BCUT2D eigenvalue weighted by Gasteiger charge is -2.39. The number of ether oxygens (including phenoxy) is 1. The van der Waals surface area contributed by atoms with E-state index in [9.17, 15) is 0 Å². The molecule has 0 heterocycles. The van der Waals surface area contributed by atoms with E-state index in [4.69, 9.17) is 10.5 Å². The average Bonchev–Trinajstić information content (AvgIpc) is 2.35. The minimum Gasteiger partial charge on any atom is -0.490 e. The molecule has 2 rings (SSSR count). The molecule has 2 atom stereocenters. The summed E-state index contributed by atoms with van der Waals surface area (Å²) in [6.45, 7) is 7.57. The average molecular weight is 293 g/mol. The van der Waals surface area contributed by atoms with Crippen LogP contribution in [0.5, 0.6) is 5.75 Å². The predicted octanol–water partition coefficient (Wildman–Crippen LogP) is 4.46. The first-order valence-electron chi connectivity index (χ1n) is 7.48. The third-order valence-corrected chi connectivity index (χ3v) is 4.98. The summed E-state index contributed by atoms with van der Waals surface area (Å²) in [5, 5.41) is 0. The first-order valence-corrected chi connectivity index (χ1v) is 8.70. The maximum Gasteiger partial charge on any atom is 0.125 e. The quantitative estimate of drug-likeness (QED) is 0.832. The molecule has 0 spiro atoms. The minimum atomic E-state index is 0.316. The van der Waals surface area contributed by atoms with E-state index < -0.39 is 0 Å². The predicted molar refractivity (Wildman–Crippen MR) is 87.3 cm³/mol. The van der Waals surface area contributed by atoms with Gasteiger partial charge in [0.2, 0.25) is 0 Å². The Morgan fingerprint density at radius 2 is 2.10 bits per heavy atom. The molecule has 1 aliphatic rings. The maximum atomic E-state index is 6.33. The Morgan fingerprint density at radius 3 is 2.70 bits per heavy atom. The molecule has 1 aliphatic carbocycles. The van der Waals surface area contributed by atoms with Gasteiger partial charge in [-0.15, -0.1) is 11.8 Å². The van der Waals surface area contributed by atoms with E-state index in [0.717, 1.165) is 30.1 Å². The first-order chi connectivity index (χ1) is 9.45. The molecule has 20 heavy (non-hydrogen) atoms. The molecular weight excluding hydrogens is 266 g/mol. The van der Waals surface area contributed by atoms with Gasteiger partial charge in [-0.2, -0.15) is 0 Å². The Hall–Kier alpha value is -0.670. The molecule has 0 bridgehead atoms. The Morgan fingerprint density at radius 1 is 1.35 bits per heavy atom. The Labute approximate surface area is 127 Å². The second-order valence-corrected chi connectivity index (χ2v) is 7.64. The largest absolute Gasteiger partial charge is 0.490 e. The van der Waals surface area contributed by atoms with E-state index in [1.807, 2.05) is 0 Å². The molecule has 2 unspecified atom stereocenters. The molecule has 0 amide bonds. The highest BCUT2D eigenvalue weighted by Crippen LogP contribution is 2.40. The summed E-state index contributed by atoms with van der Waals surface area (Å²) in [6.07, 6.45) is 5.98. The molecule has 0 aromatic heterocycles. The molecule has 3 heteroatoms. The molecule has 0 radical (unpaired) electrons. The van der Waals surface area contributed by atoms with Crippen molar-refractivity contribution in [3.8, 4) is 5.75 Å². The first kappa shape index (κ1) is 15.7. The summed E-state index contributed by atoms with van der Waals surface area (Å²) in [5.74, 6) is 1.71. The second-order valence-electron chi connectivity index (χ2n) is 6.79. The van der Waals surface area contributed by atoms with Gasteiger partial charge >= 0.3 is 0 Å². The molecule has 112 valence electrons. The van der Waals surface area contributed by atoms with Crippen LogP contribution in [0.15, 0.2) is 23.1 Å². The lowest BCUT2D eigenvalue weighted by Crippen LogP contribution is -2.34. The Kier molecular flexibility index (Phi) is 5.03. The summed E-state index contributed by atoms with van der Waals surface area (Å²) in [7, 11) is 0. The van der Waals surface area contributed by atoms with E-state index in [1.54, 1.807) is 11.8 Å². The van der Waals surface area contributed by atoms with Crippen molar-refractivity contribution in [3.05, 3.63) is 23.8 Å². The van der Waals surface area contributed by atoms with Crippen LogP contribution in [0.4, 0.5) is 0 Å². The number of thioether (sulfide) groups is 1. The molecule has 1 aromatic rings. The highest BCUT2D eigenvalue weighted by Gasteiger charge is 2.33. The van der Waals surface area contributed by atoms with Crippen molar-refractivity contribution in [2.45, 2.75) is 57.6 Å². The smallest absolute Gasteiger partial charge is 0.125 e. The molecule has 2 nitrogen and oxygen atoms in total. The van der Waals surface area contributed by atoms with E-state index >= 15 is 0 Å². The summed E-state index contributed by atoms with van der Waals surface area (Å²) in [5.41, 5.74) is 7.45. The number of nitrogens with two attached hydrogens (primary N) is 1.